The lowest BCUT2D eigenvalue weighted by Gasteiger charge is -2.23. The summed E-state index contributed by atoms with van der Waals surface area (Å²) in [6.07, 6.45) is 3.36. The molecule has 12 aromatic heterocycles. The van der Waals surface area contributed by atoms with E-state index in [0.29, 0.717) is 0 Å². The fourth-order valence-corrected chi connectivity index (χ4v) is 18.3. The van der Waals surface area contributed by atoms with Crippen LogP contribution in [0.25, 0.3) is 0 Å². The average molecular weight is 2030 g/mol. The second-order valence-corrected chi connectivity index (χ2v) is 54.9. The minimum atomic E-state index is 0.0928. The molecule has 0 aromatic carbocycles. The van der Waals surface area contributed by atoms with Crippen LogP contribution in [0.15, 0.2) is 0 Å². The number of aryl methyl sites for hydroxylation is 15. The first-order valence-corrected chi connectivity index (χ1v) is 53.9. The minimum Gasteiger partial charge on any atom is -0.335 e. The maximum Gasteiger partial charge on any atom is 0.125 e. The molecule has 0 bridgehead atoms. The van der Waals surface area contributed by atoms with E-state index in [2.05, 4.69) is 468 Å². The largest absolute Gasteiger partial charge is 0.335 e. The Morgan fingerprint density at radius 2 is 0.568 bits per heavy atom. The first-order valence-electron chi connectivity index (χ1n) is 53.9. The molecule has 0 amide bonds. The second kappa shape index (κ2) is 46.1. The van der Waals surface area contributed by atoms with Crippen molar-refractivity contribution in [2.45, 2.75) is 520 Å². The zero-order valence-electron chi connectivity index (χ0n) is 106. The van der Waals surface area contributed by atoms with Gasteiger partial charge in [-0.25, -0.2) is 39.9 Å². The van der Waals surface area contributed by atoms with E-state index in [1.54, 1.807) is 5.56 Å². The summed E-state index contributed by atoms with van der Waals surface area (Å²) in [5.74, 6) is 6.45. The lowest BCUT2D eigenvalue weighted by Crippen LogP contribution is -2.17. The van der Waals surface area contributed by atoms with E-state index in [0.717, 1.165) is 112 Å². The van der Waals surface area contributed by atoms with Gasteiger partial charge in [0.05, 0.1) is 116 Å². The zero-order valence-corrected chi connectivity index (χ0v) is 106. The monoisotopic (exact) mass is 2020 g/mol. The molecular formula is C126H202N22. The molecule has 2 aliphatic heterocycles. The van der Waals surface area contributed by atoms with E-state index in [1.165, 1.54) is 170 Å². The molecule has 17 rings (SSSR count). The molecule has 0 saturated carbocycles. The van der Waals surface area contributed by atoms with Crippen LogP contribution in [-0.4, -0.2) is 108 Å². The summed E-state index contributed by atoms with van der Waals surface area (Å²) in [6.45, 7) is 133. The summed E-state index contributed by atoms with van der Waals surface area (Å²) in [7, 11) is 6.14. The van der Waals surface area contributed by atoms with Crippen LogP contribution in [-0.2, 0) is 118 Å². The van der Waals surface area contributed by atoms with Crippen LogP contribution in [0.5, 0.6) is 0 Å². The van der Waals surface area contributed by atoms with E-state index in [-0.39, 0.29) is 65.0 Å². The third-order valence-electron chi connectivity index (χ3n) is 28.5. The lowest BCUT2D eigenvalue weighted by molar-refractivity contribution is 0.520. The standard InChI is InChI=1S/C13H21N.C12H17N.3C11H18N2.2C10H14N2.3C10H18N2.2C9H14N2/c1-8-9(2)11(4)14-12(10(8)3)13(5,6)7;1-7-8(2)13-11(12(3,4)5)10-6-9(7)10;1-7-8(2)13-10(9(3)12-7)11(4,5)6;1-7-8(2)12-9(3)13-10(7)11(4,5)6;1-7-8(2)10(11(4,5)6)13-12-9(7)3;1-6-11-8-5-7(8)9(12-6)10(2,3)4;1-6-7-5-8(7)9(12-11-6)10(2,3)4;1-7-9(10(3,4)5)11-8(2)12(7)6;1-7-8(2)12(6)9(11-7)10(3,4)5;1-7-8(2)12(6)11-9(7)10(3,4)5;1-6-10-8(9(2,3)4)7-5-11(6)7;1-6-7-5-11(7)8(10-6)9(2,3)4/h1-7H3;6H2,1-5H3;3*1-6H3;2*5H2,1-4H3;3*1-6H3;2*5H2,1-4H3. The summed E-state index contributed by atoms with van der Waals surface area (Å²) in [4.78, 5) is 54.2. The van der Waals surface area contributed by atoms with Gasteiger partial charge in [0.15, 0.2) is 0 Å². The molecule has 22 nitrogen and oxygen atoms in total. The molecule has 0 fully saturated rings. The van der Waals surface area contributed by atoms with E-state index >= 15 is 0 Å². The predicted octanol–water partition coefficient (Wildman–Crippen LogP) is 29.3. The van der Waals surface area contributed by atoms with Crippen molar-refractivity contribution in [3.05, 3.63) is 255 Å². The van der Waals surface area contributed by atoms with Gasteiger partial charge < -0.3 is 18.3 Å². The summed E-state index contributed by atoms with van der Waals surface area (Å²) in [5.41, 5.74) is 50.8. The third kappa shape index (κ3) is 32.9. The number of nitrogens with zero attached hydrogens (tertiary/aromatic N) is 22. The van der Waals surface area contributed by atoms with Crippen molar-refractivity contribution >= 4 is 0 Å². The molecular weight excluding hydrogens is 1820 g/mol. The van der Waals surface area contributed by atoms with Crippen molar-refractivity contribution in [3.8, 4) is 0 Å². The molecule has 0 unspecified atom stereocenters. The van der Waals surface area contributed by atoms with Gasteiger partial charge in [0, 0.05) is 157 Å². The molecule has 14 heterocycles. The zero-order chi connectivity index (χ0) is 114. The Labute approximate surface area is 898 Å². The van der Waals surface area contributed by atoms with Crippen molar-refractivity contribution < 1.29 is 0 Å². The Morgan fingerprint density at radius 1 is 0.189 bits per heavy atom. The van der Waals surface area contributed by atoms with Crippen molar-refractivity contribution in [1.82, 2.24) is 108 Å². The number of rotatable bonds is 0. The van der Waals surface area contributed by atoms with E-state index in [9.17, 15) is 0 Å². The Balaban J connectivity index is 0.000000247. The molecule has 12 aromatic rings. The molecule has 0 N–H and O–H groups in total. The minimum absolute atomic E-state index is 0.0928. The van der Waals surface area contributed by atoms with Crippen LogP contribution in [0.1, 0.15) is 505 Å². The Morgan fingerprint density at radius 3 is 0.939 bits per heavy atom. The number of fused-ring (bicyclic) bond motifs is 5. The topological polar surface area (TPSA) is 244 Å². The average Bonchev–Trinajstić information content (AvgIpc) is 1.59. The van der Waals surface area contributed by atoms with E-state index in [1.807, 2.05) is 74.0 Å². The van der Waals surface area contributed by atoms with Gasteiger partial charge in [0.2, 0.25) is 0 Å². The van der Waals surface area contributed by atoms with Crippen LogP contribution < -0.4 is 0 Å². The van der Waals surface area contributed by atoms with Gasteiger partial charge in [-0.1, -0.05) is 249 Å². The smallest absolute Gasteiger partial charge is 0.125 e. The summed E-state index contributed by atoms with van der Waals surface area (Å²) < 4.78 is 10.8. The number of imidazole rings is 4. The number of pyridine rings is 2. The predicted molar refractivity (Wildman–Crippen MR) is 622 cm³/mol. The van der Waals surface area contributed by atoms with Crippen molar-refractivity contribution in [2.24, 2.45) is 21.1 Å². The summed E-state index contributed by atoms with van der Waals surface area (Å²) in [6, 6.07) is 0. The maximum atomic E-state index is 4.70. The highest BCUT2D eigenvalue weighted by Crippen LogP contribution is 2.43. The highest BCUT2D eigenvalue weighted by Gasteiger charge is 2.38. The highest BCUT2D eigenvalue weighted by atomic mass is 15.3. The molecule has 5 aliphatic rings. The Bertz CT molecular complexity index is 6460. The van der Waals surface area contributed by atoms with Gasteiger partial charge in [-0.15, -0.1) is 0 Å². The summed E-state index contributed by atoms with van der Waals surface area (Å²) in [5, 5.41) is 21.3. The lowest BCUT2D eigenvalue weighted by atomic mass is 9.86. The van der Waals surface area contributed by atoms with Gasteiger partial charge in [-0.2, -0.15) is 25.5 Å². The van der Waals surface area contributed by atoms with Crippen LogP contribution in [0.4, 0.5) is 0 Å². The highest BCUT2D eigenvalue weighted by molar-refractivity contribution is 5.56. The normalized spacial score (nSPS) is 13.0. The van der Waals surface area contributed by atoms with Crippen molar-refractivity contribution in [3.63, 3.8) is 0 Å². The fourth-order valence-electron chi connectivity index (χ4n) is 18.3. The van der Waals surface area contributed by atoms with Crippen LogP contribution in [0.2, 0.25) is 0 Å². The first-order chi connectivity index (χ1) is 66.6. The van der Waals surface area contributed by atoms with Gasteiger partial charge >= 0.3 is 0 Å². The molecule has 0 spiro atoms. The van der Waals surface area contributed by atoms with Gasteiger partial charge in [0.1, 0.15) is 34.9 Å². The van der Waals surface area contributed by atoms with Crippen molar-refractivity contribution in [2.75, 3.05) is 0 Å². The van der Waals surface area contributed by atoms with Gasteiger partial charge in [-0.05, 0) is 240 Å². The van der Waals surface area contributed by atoms with Crippen LogP contribution in [0.3, 0.4) is 0 Å². The Kier molecular flexibility index (Phi) is 39.4. The maximum absolute atomic E-state index is 4.70. The van der Waals surface area contributed by atoms with Crippen LogP contribution >= 0.6 is 0 Å². The fraction of sp³-hybridized carbons (Fsp3) is 0.643. The summed E-state index contributed by atoms with van der Waals surface area (Å²) >= 11 is 0. The molecule has 3 aliphatic carbocycles. The molecule has 816 valence electrons. The van der Waals surface area contributed by atoms with E-state index < -0.39 is 0 Å². The first kappa shape index (κ1) is 126. The van der Waals surface area contributed by atoms with E-state index in [4.69, 9.17) is 9.97 Å². The van der Waals surface area contributed by atoms with Gasteiger partial charge in [0.25, 0.3) is 0 Å². The molecule has 22 heteroatoms. The Hall–Kier alpha value is -10.3. The quantitative estimate of drug-likeness (QED) is 0.137. The number of aromatic nitrogens is 22. The SMILES string of the molecule is Cc1c(C(C)(C)C)nn(C)c1C.Cc1nc(C(C)(C)C)c(C)c(C)c1C.Cc1nc(C(C)(C)C)c(C)n1C.Cc1nc(C(C)(C)C)c2c(c1C)C2.Cc1nc(C(C)(C)C)c2n1C2.Cc1nc(C(C)(C)C)n(C)c1C.Cc1nc(C(C)(C)C)n2c1C2.Cc1nc(C)c(C(C)(C)C)nc1C.Cc1nc(C)c(C)c(C(C)(C)C)n1.Cc1nc2c(c(C(C)(C)C)n1)C2.Cc1nnc(C(C)(C)C)c(C)c1C.Cc1nnc(C(C)(C)C)c2c1C2. The number of hydrogen-bond acceptors (Lipinski definition) is 17. The van der Waals surface area contributed by atoms with Crippen molar-refractivity contribution in [1.29, 1.82) is 0 Å². The molecule has 0 saturated heterocycles. The van der Waals surface area contributed by atoms with Crippen LogP contribution in [0, 0.1) is 173 Å². The molecule has 148 heavy (non-hydrogen) atoms. The third-order valence-corrected chi connectivity index (χ3v) is 28.5. The number of hydrogen-bond donors (Lipinski definition) is 0. The second-order valence-electron chi connectivity index (χ2n) is 54.9. The molecule has 0 radical (unpaired) electrons. The molecule has 0 atom stereocenters. The van der Waals surface area contributed by atoms with Gasteiger partial charge in [-0.3, -0.25) is 24.6 Å².